The largest absolute Gasteiger partial charge is 0.495 e. The van der Waals surface area contributed by atoms with Crippen molar-refractivity contribution in [3.63, 3.8) is 0 Å². The third-order valence-corrected chi connectivity index (χ3v) is 4.95. The third kappa shape index (κ3) is 5.97. The van der Waals surface area contributed by atoms with Crippen LogP contribution in [0.15, 0.2) is 65.1 Å². The highest BCUT2D eigenvalue weighted by Crippen LogP contribution is 2.25. The number of carbonyl (C=O) groups excluding carboxylic acids is 2. The van der Waals surface area contributed by atoms with Gasteiger partial charge in [-0.2, -0.15) is 0 Å². The molecule has 0 aliphatic rings. The Labute approximate surface area is 187 Å². The van der Waals surface area contributed by atoms with E-state index < -0.39 is 0 Å². The number of furan rings is 1. The summed E-state index contributed by atoms with van der Waals surface area (Å²) in [5.74, 6) is 0.762. The lowest BCUT2D eigenvalue weighted by Crippen LogP contribution is -2.38. The molecule has 1 aromatic heterocycles. The van der Waals surface area contributed by atoms with Gasteiger partial charge in [0.25, 0.3) is 0 Å². The van der Waals surface area contributed by atoms with Crippen molar-refractivity contribution in [1.82, 2.24) is 4.90 Å². The number of carbonyl (C=O) groups is 2. The number of methoxy groups -OCH3 is 1. The number of ether oxygens (including phenoxy) is 1. The second-order valence-electron chi connectivity index (χ2n) is 7.31. The molecule has 0 aliphatic carbocycles. The summed E-state index contributed by atoms with van der Waals surface area (Å²) in [6.45, 7) is 2.37. The van der Waals surface area contributed by atoms with E-state index in [0.29, 0.717) is 41.5 Å². The highest BCUT2D eigenvalue weighted by molar-refractivity contribution is 5.95. The molecule has 2 aromatic carbocycles. The second-order valence-corrected chi connectivity index (χ2v) is 7.31. The number of para-hydroxylation sites is 2. The van der Waals surface area contributed by atoms with Gasteiger partial charge in [0.2, 0.25) is 11.8 Å². The maximum atomic E-state index is 13.9. The maximum Gasteiger partial charge on any atom is 0.244 e. The lowest BCUT2D eigenvalue weighted by Gasteiger charge is -2.22. The summed E-state index contributed by atoms with van der Waals surface area (Å²) in [5.41, 5.74) is 0.936. The zero-order valence-electron chi connectivity index (χ0n) is 18.3. The van der Waals surface area contributed by atoms with E-state index in [4.69, 9.17) is 9.15 Å². The summed E-state index contributed by atoms with van der Waals surface area (Å²) in [7, 11) is 1.53. The van der Waals surface area contributed by atoms with Crippen molar-refractivity contribution in [1.29, 1.82) is 0 Å². The highest BCUT2D eigenvalue weighted by Gasteiger charge is 2.18. The lowest BCUT2D eigenvalue weighted by atomic mass is 10.1. The molecular weight excluding hydrogens is 411 g/mol. The molecule has 3 aromatic rings. The Morgan fingerprint density at radius 2 is 1.81 bits per heavy atom. The van der Waals surface area contributed by atoms with E-state index in [9.17, 15) is 14.0 Å². The molecular formula is C25H27FN2O4. The van der Waals surface area contributed by atoms with E-state index in [-0.39, 0.29) is 30.6 Å². The molecule has 168 valence electrons. The van der Waals surface area contributed by atoms with Gasteiger partial charge in [-0.3, -0.25) is 9.59 Å². The summed E-state index contributed by atoms with van der Waals surface area (Å²) >= 11 is 0. The van der Waals surface area contributed by atoms with Crippen LogP contribution in [-0.2, 0) is 16.0 Å². The fourth-order valence-electron chi connectivity index (χ4n) is 3.38. The number of nitrogens with one attached hydrogen (secondary N) is 1. The van der Waals surface area contributed by atoms with E-state index in [2.05, 4.69) is 5.32 Å². The van der Waals surface area contributed by atoms with Gasteiger partial charge >= 0.3 is 0 Å². The first-order valence-electron chi connectivity index (χ1n) is 10.6. The third-order valence-electron chi connectivity index (χ3n) is 4.95. The van der Waals surface area contributed by atoms with Crippen molar-refractivity contribution in [3.8, 4) is 17.1 Å². The normalized spacial score (nSPS) is 10.6. The van der Waals surface area contributed by atoms with Gasteiger partial charge in [-0.1, -0.05) is 31.2 Å². The molecule has 0 spiro atoms. The average molecular weight is 438 g/mol. The van der Waals surface area contributed by atoms with Gasteiger partial charge in [0, 0.05) is 19.4 Å². The zero-order chi connectivity index (χ0) is 22.9. The number of benzene rings is 2. The second kappa shape index (κ2) is 11.1. The van der Waals surface area contributed by atoms with Gasteiger partial charge in [-0.25, -0.2) is 4.39 Å². The Morgan fingerprint density at radius 1 is 1.06 bits per heavy atom. The lowest BCUT2D eigenvalue weighted by molar-refractivity contribution is -0.134. The molecule has 0 radical (unpaired) electrons. The molecule has 32 heavy (non-hydrogen) atoms. The molecule has 0 aliphatic heterocycles. The van der Waals surface area contributed by atoms with Gasteiger partial charge < -0.3 is 19.4 Å². The number of amides is 2. The molecule has 1 heterocycles. The number of aryl methyl sites for hydroxylation is 1. The van der Waals surface area contributed by atoms with Crippen molar-refractivity contribution >= 4 is 17.5 Å². The first-order chi connectivity index (χ1) is 15.5. The van der Waals surface area contributed by atoms with Crippen molar-refractivity contribution < 1.29 is 23.1 Å². The summed E-state index contributed by atoms with van der Waals surface area (Å²) in [6, 6.07) is 16.9. The molecule has 0 saturated carbocycles. The first kappa shape index (κ1) is 23.1. The Kier molecular flexibility index (Phi) is 8.02. The van der Waals surface area contributed by atoms with Crippen LogP contribution in [0.5, 0.6) is 5.75 Å². The van der Waals surface area contributed by atoms with Gasteiger partial charge in [-0.15, -0.1) is 0 Å². The van der Waals surface area contributed by atoms with E-state index in [1.807, 2.05) is 13.0 Å². The monoisotopic (exact) mass is 438 g/mol. The van der Waals surface area contributed by atoms with Crippen LogP contribution in [0, 0.1) is 5.82 Å². The average Bonchev–Trinajstić information content (AvgIpc) is 3.26. The van der Waals surface area contributed by atoms with Gasteiger partial charge in [0.05, 0.1) is 24.9 Å². The summed E-state index contributed by atoms with van der Waals surface area (Å²) in [5, 5.41) is 2.79. The highest BCUT2D eigenvalue weighted by atomic mass is 19.1. The van der Waals surface area contributed by atoms with Crippen LogP contribution in [0.25, 0.3) is 11.3 Å². The predicted octanol–water partition coefficient (Wildman–Crippen LogP) is 4.90. The zero-order valence-corrected chi connectivity index (χ0v) is 18.3. The summed E-state index contributed by atoms with van der Waals surface area (Å²) < 4.78 is 24.9. The van der Waals surface area contributed by atoms with E-state index in [0.717, 1.165) is 6.42 Å². The Morgan fingerprint density at radius 3 is 2.56 bits per heavy atom. The fourth-order valence-corrected chi connectivity index (χ4v) is 3.38. The van der Waals surface area contributed by atoms with Crippen LogP contribution < -0.4 is 10.1 Å². The van der Waals surface area contributed by atoms with E-state index in [1.165, 1.54) is 18.1 Å². The maximum absolute atomic E-state index is 13.9. The SMILES string of the molecule is CCCN(CC(=O)Nc1ccccc1OC)C(=O)CCc1ccc(-c2ccccc2F)o1. The summed E-state index contributed by atoms with van der Waals surface area (Å²) in [4.78, 5) is 26.8. The fraction of sp³-hybridized carbons (Fsp3) is 0.280. The number of rotatable bonds is 10. The molecule has 6 nitrogen and oxygen atoms in total. The number of hydrogen-bond acceptors (Lipinski definition) is 4. The van der Waals surface area contributed by atoms with Crippen LogP contribution in [0.1, 0.15) is 25.5 Å². The molecule has 0 bridgehead atoms. The van der Waals surface area contributed by atoms with E-state index in [1.54, 1.807) is 48.5 Å². The van der Waals surface area contributed by atoms with E-state index >= 15 is 0 Å². The minimum absolute atomic E-state index is 0.0522. The number of halogens is 1. The van der Waals surface area contributed by atoms with Crippen molar-refractivity contribution in [2.45, 2.75) is 26.2 Å². The van der Waals surface area contributed by atoms with Gasteiger partial charge in [0.15, 0.2) is 0 Å². The van der Waals surface area contributed by atoms with Crippen molar-refractivity contribution in [2.75, 3.05) is 25.5 Å². The molecule has 0 unspecified atom stereocenters. The van der Waals surface area contributed by atoms with Crippen LogP contribution in [0.3, 0.4) is 0 Å². The number of anilines is 1. The molecule has 7 heteroatoms. The van der Waals surface area contributed by atoms with Crippen LogP contribution >= 0.6 is 0 Å². The molecule has 0 fully saturated rings. The number of hydrogen-bond donors (Lipinski definition) is 1. The standard InChI is InChI=1S/C25H27FN2O4/c1-3-16-28(17-24(29)27-21-10-6-7-11-23(21)31-2)25(30)15-13-18-12-14-22(32-18)19-8-4-5-9-20(19)26/h4-12,14H,3,13,15-17H2,1-2H3,(H,27,29). The molecule has 2 amide bonds. The smallest absolute Gasteiger partial charge is 0.244 e. The molecule has 0 atom stereocenters. The first-order valence-corrected chi connectivity index (χ1v) is 10.6. The minimum Gasteiger partial charge on any atom is -0.495 e. The van der Waals surface area contributed by atoms with Crippen LogP contribution in [0.4, 0.5) is 10.1 Å². The predicted molar refractivity (Wildman–Crippen MR) is 121 cm³/mol. The van der Waals surface area contributed by atoms with Crippen molar-refractivity contribution in [3.05, 3.63) is 72.2 Å². The molecule has 0 saturated heterocycles. The molecule has 3 rings (SSSR count). The minimum atomic E-state index is -0.361. The summed E-state index contributed by atoms with van der Waals surface area (Å²) in [6.07, 6.45) is 1.28. The van der Waals surface area contributed by atoms with Crippen LogP contribution in [-0.4, -0.2) is 36.9 Å². The molecule has 1 N–H and O–H groups in total. The Balaban J connectivity index is 1.58. The van der Waals surface area contributed by atoms with Crippen LogP contribution in [0.2, 0.25) is 0 Å². The quantitative estimate of drug-likeness (QED) is 0.489. The van der Waals surface area contributed by atoms with Crippen molar-refractivity contribution in [2.24, 2.45) is 0 Å². The Bertz CT molecular complexity index is 1060. The number of nitrogens with zero attached hydrogens (tertiary/aromatic N) is 1. The topological polar surface area (TPSA) is 71.8 Å². The van der Waals surface area contributed by atoms with Gasteiger partial charge in [0.1, 0.15) is 23.1 Å². The van der Waals surface area contributed by atoms with Gasteiger partial charge in [-0.05, 0) is 42.8 Å². The Hall–Kier alpha value is -3.61.